The summed E-state index contributed by atoms with van der Waals surface area (Å²) >= 11 is 1.71. The van der Waals surface area contributed by atoms with Gasteiger partial charge in [-0.1, -0.05) is 12.1 Å². The van der Waals surface area contributed by atoms with Crippen LogP contribution in [0.5, 0.6) is 0 Å². The molecule has 1 aromatic carbocycles. The molecule has 1 amide bonds. The molecular formula is C17H20N4OS. The molecule has 3 rings (SSSR count). The highest BCUT2D eigenvalue weighted by Gasteiger charge is 2.22. The number of thioether (sulfide) groups is 1. The van der Waals surface area contributed by atoms with E-state index in [-0.39, 0.29) is 5.91 Å². The molecule has 1 saturated heterocycles. The van der Waals surface area contributed by atoms with Crippen molar-refractivity contribution in [3.8, 4) is 0 Å². The van der Waals surface area contributed by atoms with E-state index in [1.165, 1.54) is 4.90 Å². The SMILES string of the molecule is CSc1ccc(CC(=O)N2CCN(c3ncccn3)CC2)cc1. The van der Waals surface area contributed by atoms with Gasteiger partial charge >= 0.3 is 0 Å². The summed E-state index contributed by atoms with van der Waals surface area (Å²) in [4.78, 5) is 26.2. The Bertz CT molecular complexity index is 639. The molecule has 1 aliphatic rings. The van der Waals surface area contributed by atoms with Crippen molar-refractivity contribution in [3.63, 3.8) is 0 Å². The van der Waals surface area contributed by atoms with Crippen LogP contribution in [0.1, 0.15) is 5.56 Å². The van der Waals surface area contributed by atoms with Crippen LogP contribution in [0.2, 0.25) is 0 Å². The van der Waals surface area contributed by atoms with Crippen LogP contribution in [0.4, 0.5) is 5.95 Å². The molecule has 1 fully saturated rings. The first kappa shape index (κ1) is 15.8. The topological polar surface area (TPSA) is 49.3 Å². The van der Waals surface area contributed by atoms with Crippen molar-refractivity contribution in [2.75, 3.05) is 37.3 Å². The first-order chi connectivity index (χ1) is 11.3. The fourth-order valence-corrected chi connectivity index (χ4v) is 3.05. The number of piperazine rings is 1. The highest BCUT2D eigenvalue weighted by Crippen LogP contribution is 2.16. The molecule has 0 aliphatic carbocycles. The molecule has 2 aromatic rings. The van der Waals surface area contributed by atoms with Gasteiger partial charge in [0, 0.05) is 43.5 Å². The zero-order chi connectivity index (χ0) is 16.1. The molecule has 120 valence electrons. The third-order valence-electron chi connectivity index (χ3n) is 3.98. The number of rotatable bonds is 4. The first-order valence-electron chi connectivity index (χ1n) is 7.69. The summed E-state index contributed by atoms with van der Waals surface area (Å²) in [5.41, 5.74) is 1.07. The predicted octanol–water partition coefficient (Wildman–Crippen LogP) is 2.09. The minimum absolute atomic E-state index is 0.190. The summed E-state index contributed by atoms with van der Waals surface area (Å²) in [7, 11) is 0. The van der Waals surface area contributed by atoms with Crippen molar-refractivity contribution in [2.45, 2.75) is 11.3 Å². The molecule has 23 heavy (non-hydrogen) atoms. The lowest BCUT2D eigenvalue weighted by Gasteiger charge is -2.34. The minimum Gasteiger partial charge on any atom is -0.339 e. The zero-order valence-electron chi connectivity index (χ0n) is 13.2. The van der Waals surface area contributed by atoms with Crippen LogP contribution in [0.3, 0.4) is 0 Å². The second-order valence-electron chi connectivity index (χ2n) is 5.44. The Balaban J connectivity index is 1.53. The molecule has 0 radical (unpaired) electrons. The fraction of sp³-hybridized carbons (Fsp3) is 0.353. The average Bonchev–Trinajstić information content (AvgIpc) is 2.63. The van der Waals surface area contributed by atoms with Gasteiger partial charge in [-0.3, -0.25) is 4.79 Å². The molecule has 6 heteroatoms. The number of carbonyl (C=O) groups is 1. The summed E-state index contributed by atoms with van der Waals surface area (Å²) in [5.74, 6) is 0.933. The summed E-state index contributed by atoms with van der Waals surface area (Å²) in [6.45, 7) is 3.00. The highest BCUT2D eigenvalue weighted by molar-refractivity contribution is 7.98. The van der Waals surface area contributed by atoms with Gasteiger partial charge < -0.3 is 9.80 Å². The maximum atomic E-state index is 12.4. The van der Waals surface area contributed by atoms with Crippen molar-refractivity contribution < 1.29 is 4.79 Å². The second kappa shape index (κ2) is 7.46. The molecule has 0 saturated carbocycles. The van der Waals surface area contributed by atoms with E-state index in [9.17, 15) is 4.79 Å². The van der Waals surface area contributed by atoms with Crippen LogP contribution in [0.25, 0.3) is 0 Å². The Labute approximate surface area is 140 Å². The Morgan fingerprint density at radius 1 is 1.09 bits per heavy atom. The molecule has 0 atom stereocenters. The van der Waals surface area contributed by atoms with E-state index >= 15 is 0 Å². The van der Waals surface area contributed by atoms with Crippen molar-refractivity contribution >= 4 is 23.6 Å². The zero-order valence-corrected chi connectivity index (χ0v) is 14.0. The highest BCUT2D eigenvalue weighted by atomic mass is 32.2. The van der Waals surface area contributed by atoms with Crippen molar-refractivity contribution in [1.29, 1.82) is 0 Å². The number of amides is 1. The Morgan fingerprint density at radius 3 is 2.35 bits per heavy atom. The fourth-order valence-electron chi connectivity index (χ4n) is 2.64. The van der Waals surface area contributed by atoms with E-state index in [1.807, 2.05) is 23.1 Å². The Hall–Kier alpha value is -2.08. The summed E-state index contributed by atoms with van der Waals surface area (Å²) in [5, 5.41) is 0. The summed E-state index contributed by atoms with van der Waals surface area (Å²) in [6, 6.07) is 10.0. The minimum atomic E-state index is 0.190. The lowest BCUT2D eigenvalue weighted by atomic mass is 10.1. The standard InChI is InChI=1S/C17H20N4OS/c1-23-15-5-3-14(4-6-15)13-16(22)20-9-11-21(12-10-20)17-18-7-2-8-19-17/h2-8H,9-13H2,1H3. The van der Waals surface area contributed by atoms with Crippen LogP contribution in [-0.2, 0) is 11.2 Å². The molecule has 0 unspecified atom stereocenters. The number of carbonyl (C=O) groups excluding carboxylic acids is 1. The quantitative estimate of drug-likeness (QED) is 0.805. The molecule has 1 aliphatic heterocycles. The van der Waals surface area contributed by atoms with Crippen LogP contribution >= 0.6 is 11.8 Å². The first-order valence-corrected chi connectivity index (χ1v) is 8.91. The van der Waals surface area contributed by atoms with Crippen molar-refractivity contribution in [2.24, 2.45) is 0 Å². The van der Waals surface area contributed by atoms with Gasteiger partial charge in [-0.25, -0.2) is 9.97 Å². The van der Waals surface area contributed by atoms with E-state index in [0.29, 0.717) is 6.42 Å². The van der Waals surface area contributed by atoms with E-state index in [4.69, 9.17) is 0 Å². The van der Waals surface area contributed by atoms with Gasteiger partial charge in [-0.2, -0.15) is 0 Å². The van der Waals surface area contributed by atoms with Gasteiger partial charge in [0.15, 0.2) is 0 Å². The van der Waals surface area contributed by atoms with Gasteiger partial charge in [0.1, 0.15) is 0 Å². The van der Waals surface area contributed by atoms with Gasteiger partial charge in [-0.15, -0.1) is 11.8 Å². The van der Waals surface area contributed by atoms with Gasteiger partial charge in [0.25, 0.3) is 0 Å². The number of anilines is 1. The van der Waals surface area contributed by atoms with E-state index in [0.717, 1.165) is 37.7 Å². The monoisotopic (exact) mass is 328 g/mol. The third-order valence-corrected chi connectivity index (χ3v) is 4.73. The number of aromatic nitrogens is 2. The average molecular weight is 328 g/mol. The maximum absolute atomic E-state index is 12.4. The van der Waals surface area contributed by atoms with Crippen LogP contribution in [0, 0.1) is 0 Å². The second-order valence-corrected chi connectivity index (χ2v) is 6.32. The molecule has 2 heterocycles. The van der Waals surface area contributed by atoms with E-state index < -0.39 is 0 Å². The van der Waals surface area contributed by atoms with E-state index in [1.54, 1.807) is 24.2 Å². The Morgan fingerprint density at radius 2 is 1.74 bits per heavy atom. The lowest BCUT2D eigenvalue weighted by Crippen LogP contribution is -2.49. The molecular weight excluding hydrogens is 308 g/mol. The van der Waals surface area contributed by atoms with Crippen LogP contribution in [-0.4, -0.2) is 53.2 Å². The van der Waals surface area contributed by atoms with E-state index in [2.05, 4.69) is 33.3 Å². The Kier molecular flexibility index (Phi) is 5.12. The molecule has 0 spiro atoms. The molecule has 0 bridgehead atoms. The van der Waals surface area contributed by atoms with Gasteiger partial charge in [0.2, 0.25) is 11.9 Å². The van der Waals surface area contributed by atoms with Gasteiger partial charge in [0.05, 0.1) is 6.42 Å². The maximum Gasteiger partial charge on any atom is 0.227 e. The van der Waals surface area contributed by atoms with Crippen molar-refractivity contribution in [3.05, 3.63) is 48.3 Å². The number of hydrogen-bond donors (Lipinski definition) is 0. The molecule has 5 nitrogen and oxygen atoms in total. The third kappa shape index (κ3) is 4.01. The van der Waals surface area contributed by atoms with Gasteiger partial charge in [-0.05, 0) is 30.0 Å². The lowest BCUT2D eigenvalue weighted by molar-refractivity contribution is -0.130. The van der Waals surface area contributed by atoms with Crippen LogP contribution < -0.4 is 4.90 Å². The summed E-state index contributed by atoms with van der Waals surface area (Å²) < 4.78 is 0. The summed E-state index contributed by atoms with van der Waals surface area (Å²) in [6.07, 6.45) is 6.02. The molecule has 1 aromatic heterocycles. The largest absolute Gasteiger partial charge is 0.339 e. The number of nitrogens with zero attached hydrogens (tertiary/aromatic N) is 4. The normalized spacial score (nSPS) is 14.8. The number of hydrogen-bond acceptors (Lipinski definition) is 5. The smallest absolute Gasteiger partial charge is 0.227 e. The molecule has 0 N–H and O–H groups in total. The predicted molar refractivity (Wildman–Crippen MR) is 92.8 cm³/mol. The van der Waals surface area contributed by atoms with Crippen LogP contribution in [0.15, 0.2) is 47.6 Å². The van der Waals surface area contributed by atoms with Crippen molar-refractivity contribution in [1.82, 2.24) is 14.9 Å². The number of benzene rings is 1.